The molecule has 0 spiro atoms. The van der Waals surface area contributed by atoms with Gasteiger partial charge in [0.1, 0.15) is 18.1 Å². The van der Waals surface area contributed by atoms with Crippen molar-refractivity contribution in [3.63, 3.8) is 0 Å². The summed E-state index contributed by atoms with van der Waals surface area (Å²) in [4.78, 5) is 52.1. The minimum absolute atomic E-state index is 0.156. The zero-order chi connectivity index (χ0) is 23.8. The summed E-state index contributed by atoms with van der Waals surface area (Å²) >= 11 is 0. The van der Waals surface area contributed by atoms with Gasteiger partial charge in [-0.05, 0) is 38.3 Å². The van der Waals surface area contributed by atoms with Crippen LogP contribution in [0.25, 0.3) is 0 Å². The zero-order valence-electron chi connectivity index (χ0n) is 19.3. The van der Waals surface area contributed by atoms with Gasteiger partial charge in [-0.25, -0.2) is 0 Å². The van der Waals surface area contributed by atoms with Crippen molar-refractivity contribution in [2.24, 2.45) is 11.7 Å². The maximum absolute atomic E-state index is 13.3. The summed E-state index contributed by atoms with van der Waals surface area (Å²) in [5.74, 6) is -1.78. The third kappa shape index (κ3) is 6.53. The average Bonchev–Trinajstić information content (AvgIpc) is 3.26. The number of likely N-dealkylation sites (tertiary alicyclic amines) is 1. The quantitative estimate of drug-likeness (QED) is 0.400. The smallest absolute Gasteiger partial charge is 0.246 e. The summed E-state index contributed by atoms with van der Waals surface area (Å²) in [5.41, 5.74) is 6.40. The van der Waals surface area contributed by atoms with Gasteiger partial charge in [-0.2, -0.15) is 0 Å². The highest BCUT2D eigenvalue weighted by molar-refractivity contribution is 5.95. The summed E-state index contributed by atoms with van der Waals surface area (Å²) in [7, 11) is 1.67. The van der Waals surface area contributed by atoms with Crippen LogP contribution in [0.2, 0.25) is 0 Å². The predicted octanol–water partition coefficient (Wildman–Crippen LogP) is -0.0611. The Morgan fingerprint density at radius 1 is 1.09 bits per heavy atom. The lowest BCUT2D eigenvalue weighted by Gasteiger charge is -2.31. The maximum Gasteiger partial charge on any atom is 0.246 e. The van der Waals surface area contributed by atoms with E-state index in [1.165, 1.54) is 4.90 Å². The standard InChI is InChI=1S/C23H35N5O4/c1-14(2)19(27-21(30)15(3)25-4)23(32)28-12-8-11-18(28)22(31)26-17(20(24)29)13-16-9-6-5-7-10-16/h5-7,9-10,14-15,17-19,25H,8,11-13H2,1-4H3,(H2,24,29)(H,26,31)(H,27,30)/t15-,17-,18-,19-/m0/s1. The molecule has 0 aliphatic carbocycles. The molecule has 0 saturated carbocycles. The van der Waals surface area contributed by atoms with Gasteiger partial charge >= 0.3 is 0 Å². The van der Waals surface area contributed by atoms with Crippen molar-refractivity contribution in [3.05, 3.63) is 35.9 Å². The Hall–Kier alpha value is -2.94. The van der Waals surface area contributed by atoms with Gasteiger partial charge in [-0.3, -0.25) is 19.2 Å². The summed E-state index contributed by atoms with van der Waals surface area (Å²) < 4.78 is 0. The van der Waals surface area contributed by atoms with Crippen molar-refractivity contribution >= 4 is 23.6 Å². The topological polar surface area (TPSA) is 134 Å². The van der Waals surface area contributed by atoms with E-state index in [2.05, 4.69) is 16.0 Å². The minimum Gasteiger partial charge on any atom is -0.368 e. The monoisotopic (exact) mass is 445 g/mol. The van der Waals surface area contributed by atoms with Gasteiger partial charge in [0, 0.05) is 13.0 Å². The van der Waals surface area contributed by atoms with E-state index >= 15 is 0 Å². The SMILES string of the molecule is CN[C@@H](C)C(=O)N[C@H](C(=O)N1CCC[C@H]1C(=O)N[C@@H](Cc1ccccc1)C(N)=O)C(C)C. The second-order valence-corrected chi connectivity index (χ2v) is 8.58. The highest BCUT2D eigenvalue weighted by atomic mass is 16.2. The highest BCUT2D eigenvalue weighted by Gasteiger charge is 2.39. The molecule has 1 saturated heterocycles. The van der Waals surface area contributed by atoms with Crippen molar-refractivity contribution in [1.29, 1.82) is 0 Å². The number of hydrogen-bond acceptors (Lipinski definition) is 5. The zero-order valence-corrected chi connectivity index (χ0v) is 19.3. The molecule has 1 aliphatic heterocycles. The van der Waals surface area contributed by atoms with Crippen molar-refractivity contribution in [1.82, 2.24) is 20.9 Å². The van der Waals surface area contributed by atoms with Gasteiger partial charge < -0.3 is 26.6 Å². The van der Waals surface area contributed by atoms with Gasteiger partial charge in [-0.1, -0.05) is 44.2 Å². The Labute approximate surface area is 189 Å². The van der Waals surface area contributed by atoms with Crippen molar-refractivity contribution in [2.45, 2.75) is 64.2 Å². The van der Waals surface area contributed by atoms with Crippen LogP contribution in [0, 0.1) is 5.92 Å². The first-order valence-electron chi connectivity index (χ1n) is 11.1. The molecule has 5 N–H and O–H groups in total. The summed E-state index contributed by atoms with van der Waals surface area (Å²) in [5, 5.41) is 8.37. The number of benzene rings is 1. The lowest BCUT2D eigenvalue weighted by atomic mass is 10.0. The van der Waals surface area contributed by atoms with E-state index in [9.17, 15) is 19.2 Å². The van der Waals surface area contributed by atoms with E-state index in [0.717, 1.165) is 5.56 Å². The number of hydrogen-bond donors (Lipinski definition) is 4. The molecule has 32 heavy (non-hydrogen) atoms. The minimum atomic E-state index is -0.875. The van der Waals surface area contributed by atoms with Crippen LogP contribution in [0.3, 0.4) is 0 Å². The van der Waals surface area contributed by atoms with E-state index in [4.69, 9.17) is 5.73 Å². The second kappa shape index (κ2) is 11.6. The molecule has 1 aromatic carbocycles. The van der Waals surface area contributed by atoms with Crippen LogP contribution < -0.4 is 21.7 Å². The van der Waals surface area contributed by atoms with Crippen LogP contribution in [0.15, 0.2) is 30.3 Å². The van der Waals surface area contributed by atoms with E-state index in [1.807, 2.05) is 44.2 Å². The first-order valence-corrected chi connectivity index (χ1v) is 11.1. The van der Waals surface area contributed by atoms with Crippen molar-refractivity contribution < 1.29 is 19.2 Å². The molecule has 9 nitrogen and oxygen atoms in total. The molecule has 1 fully saturated rings. The molecule has 0 bridgehead atoms. The lowest BCUT2D eigenvalue weighted by molar-refractivity contribution is -0.143. The normalized spacial score (nSPS) is 18.7. The molecule has 0 radical (unpaired) electrons. The summed E-state index contributed by atoms with van der Waals surface area (Å²) in [6, 6.07) is 6.50. The first-order chi connectivity index (χ1) is 15.1. The third-order valence-corrected chi connectivity index (χ3v) is 5.84. The molecule has 9 heteroatoms. The summed E-state index contributed by atoms with van der Waals surface area (Å²) in [6.45, 7) is 5.82. The Morgan fingerprint density at radius 3 is 2.31 bits per heavy atom. The number of nitrogens with zero attached hydrogens (tertiary/aromatic N) is 1. The number of carbonyl (C=O) groups excluding carboxylic acids is 4. The fraction of sp³-hybridized carbons (Fsp3) is 0.565. The molecule has 1 heterocycles. The van der Waals surface area contributed by atoms with E-state index in [1.54, 1.807) is 14.0 Å². The number of primary amides is 1. The van der Waals surface area contributed by atoms with Crippen LogP contribution in [0.1, 0.15) is 39.2 Å². The molecular weight excluding hydrogens is 410 g/mol. The van der Waals surface area contributed by atoms with Crippen LogP contribution >= 0.6 is 0 Å². The van der Waals surface area contributed by atoms with Crippen molar-refractivity contribution in [3.8, 4) is 0 Å². The molecule has 4 atom stereocenters. The van der Waals surface area contributed by atoms with Crippen LogP contribution in [0.4, 0.5) is 0 Å². The Balaban J connectivity index is 2.11. The highest BCUT2D eigenvalue weighted by Crippen LogP contribution is 2.21. The molecule has 1 aromatic rings. The maximum atomic E-state index is 13.3. The molecule has 176 valence electrons. The van der Waals surface area contributed by atoms with Gasteiger partial charge in [0.25, 0.3) is 0 Å². The molecule has 0 aromatic heterocycles. The molecule has 2 rings (SSSR count). The van der Waals surface area contributed by atoms with E-state index < -0.39 is 36.0 Å². The first kappa shape index (κ1) is 25.3. The number of rotatable bonds is 10. The molecule has 1 aliphatic rings. The molecule has 4 amide bonds. The third-order valence-electron chi connectivity index (χ3n) is 5.84. The van der Waals surface area contributed by atoms with Crippen LogP contribution in [-0.4, -0.2) is 66.3 Å². The number of amides is 4. The predicted molar refractivity (Wildman–Crippen MR) is 121 cm³/mol. The summed E-state index contributed by atoms with van der Waals surface area (Å²) in [6.07, 6.45) is 1.42. The fourth-order valence-electron chi connectivity index (χ4n) is 3.75. The van der Waals surface area contributed by atoms with Gasteiger partial charge in [0.15, 0.2) is 0 Å². The number of likely N-dealkylation sites (N-methyl/N-ethyl adjacent to an activating group) is 1. The van der Waals surface area contributed by atoms with Crippen LogP contribution in [0.5, 0.6) is 0 Å². The van der Waals surface area contributed by atoms with Gasteiger partial charge in [-0.15, -0.1) is 0 Å². The molecule has 0 unspecified atom stereocenters. The fourth-order valence-corrected chi connectivity index (χ4v) is 3.75. The second-order valence-electron chi connectivity index (χ2n) is 8.58. The average molecular weight is 446 g/mol. The Morgan fingerprint density at radius 2 is 1.75 bits per heavy atom. The van der Waals surface area contributed by atoms with E-state index in [-0.39, 0.29) is 24.2 Å². The van der Waals surface area contributed by atoms with Crippen LogP contribution in [-0.2, 0) is 25.6 Å². The number of carbonyl (C=O) groups is 4. The number of nitrogens with one attached hydrogen (secondary N) is 3. The Kier molecular flexibility index (Phi) is 9.19. The van der Waals surface area contributed by atoms with E-state index in [0.29, 0.717) is 19.4 Å². The number of nitrogens with two attached hydrogens (primary N) is 1. The Bertz CT molecular complexity index is 814. The largest absolute Gasteiger partial charge is 0.368 e. The lowest BCUT2D eigenvalue weighted by Crippen LogP contribution is -2.58. The van der Waals surface area contributed by atoms with Gasteiger partial charge in [0.2, 0.25) is 23.6 Å². The van der Waals surface area contributed by atoms with Crippen molar-refractivity contribution in [2.75, 3.05) is 13.6 Å². The molecular formula is C23H35N5O4. The van der Waals surface area contributed by atoms with Gasteiger partial charge in [0.05, 0.1) is 6.04 Å².